The number of hydrogen-bond acceptors (Lipinski definition) is 4. The normalized spacial score (nSPS) is 10.6. The summed E-state index contributed by atoms with van der Waals surface area (Å²) in [6.45, 7) is 8.97. The van der Waals surface area contributed by atoms with Crippen molar-refractivity contribution in [1.29, 1.82) is 0 Å². The Morgan fingerprint density at radius 2 is 1.60 bits per heavy atom. The molecule has 1 heterocycles. The SMILES string of the molecule is Cc1cccc(CNc2cc(Nc3ccc(C)c(C)c3)nc(C)n2)c1. The molecule has 2 aromatic carbocycles. The Morgan fingerprint density at radius 3 is 2.36 bits per heavy atom. The van der Waals surface area contributed by atoms with Gasteiger partial charge in [-0.05, 0) is 56.5 Å². The number of aromatic nitrogens is 2. The molecule has 0 aliphatic rings. The van der Waals surface area contributed by atoms with Gasteiger partial charge in [0.2, 0.25) is 0 Å². The highest BCUT2D eigenvalue weighted by atomic mass is 15.1. The smallest absolute Gasteiger partial charge is 0.136 e. The minimum absolute atomic E-state index is 0.737. The molecule has 0 fully saturated rings. The van der Waals surface area contributed by atoms with Crippen molar-refractivity contribution in [3.05, 3.63) is 76.6 Å². The Balaban J connectivity index is 1.74. The molecule has 0 saturated carbocycles. The Kier molecular flexibility index (Phi) is 4.98. The van der Waals surface area contributed by atoms with E-state index in [-0.39, 0.29) is 0 Å². The second-order valence-corrected chi connectivity index (χ2v) is 6.45. The molecule has 0 spiro atoms. The van der Waals surface area contributed by atoms with Gasteiger partial charge >= 0.3 is 0 Å². The third-order valence-corrected chi connectivity index (χ3v) is 4.17. The van der Waals surface area contributed by atoms with Crippen molar-refractivity contribution in [2.75, 3.05) is 10.6 Å². The number of anilines is 3. The van der Waals surface area contributed by atoms with E-state index in [9.17, 15) is 0 Å². The Hall–Kier alpha value is -2.88. The lowest BCUT2D eigenvalue weighted by atomic mass is 10.1. The minimum Gasteiger partial charge on any atom is -0.366 e. The molecule has 1 aromatic heterocycles. The number of benzene rings is 2. The van der Waals surface area contributed by atoms with Crippen molar-refractivity contribution in [1.82, 2.24) is 9.97 Å². The lowest BCUT2D eigenvalue weighted by molar-refractivity contribution is 1.02. The highest BCUT2D eigenvalue weighted by molar-refractivity contribution is 5.60. The fraction of sp³-hybridized carbons (Fsp3) is 0.238. The molecule has 3 rings (SSSR count). The fourth-order valence-corrected chi connectivity index (χ4v) is 2.70. The minimum atomic E-state index is 0.737. The van der Waals surface area contributed by atoms with Crippen LogP contribution in [0.2, 0.25) is 0 Å². The molecule has 4 heteroatoms. The van der Waals surface area contributed by atoms with Crippen molar-refractivity contribution < 1.29 is 0 Å². The number of rotatable bonds is 5. The van der Waals surface area contributed by atoms with Crippen LogP contribution in [0.25, 0.3) is 0 Å². The zero-order valence-electron chi connectivity index (χ0n) is 15.2. The summed E-state index contributed by atoms with van der Waals surface area (Å²) in [6.07, 6.45) is 0. The average Bonchev–Trinajstić information content (AvgIpc) is 2.56. The molecule has 0 saturated heterocycles. The van der Waals surface area contributed by atoms with Crippen LogP contribution in [0.5, 0.6) is 0 Å². The van der Waals surface area contributed by atoms with E-state index in [1.807, 2.05) is 13.0 Å². The van der Waals surface area contributed by atoms with Crippen LogP contribution in [0.4, 0.5) is 17.3 Å². The van der Waals surface area contributed by atoms with Gasteiger partial charge in [-0.3, -0.25) is 0 Å². The maximum Gasteiger partial charge on any atom is 0.136 e. The van der Waals surface area contributed by atoms with E-state index in [2.05, 4.69) is 83.8 Å². The molecule has 3 aromatic rings. The van der Waals surface area contributed by atoms with Gasteiger partial charge in [0.25, 0.3) is 0 Å². The summed E-state index contributed by atoms with van der Waals surface area (Å²) in [5, 5.41) is 6.75. The first kappa shape index (κ1) is 17.0. The average molecular weight is 332 g/mol. The Bertz CT molecular complexity index is 887. The molecular weight excluding hydrogens is 308 g/mol. The highest BCUT2D eigenvalue weighted by Gasteiger charge is 2.04. The number of nitrogens with zero attached hydrogens (tertiary/aromatic N) is 2. The predicted molar refractivity (Wildman–Crippen MR) is 104 cm³/mol. The molecule has 2 N–H and O–H groups in total. The zero-order valence-corrected chi connectivity index (χ0v) is 15.2. The molecule has 0 bridgehead atoms. The Labute approximate surface area is 149 Å². The summed E-state index contributed by atoms with van der Waals surface area (Å²) in [5.41, 5.74) is 6.07. The topological polar surface area (TPSA) is 49.8 Å². The van der Waals surface area contributed by atoms with Gasteiger partial charge in [-0.1, -0.05) is 35.9 Å². The molecule has 25 heavy (non-hydrogen) atoms. The molecule has 0 radical (unpaired) electrons. The van der Waals surface area contributed by atoms with Crippen molar-refractivity contribution in [2.24, 2.45) is 0 Å². The first-order valence-electron chi connectivity index (χ1n) is 8.49. The van der Waals surface area contributed by atoms with Gasteiger partial charge in [0, 0.05) is 18.3 Å². The summed E-state index contributed by atoms with van der Waals surface area (Å²) in [4.78, 5) is 8.97. The van der Waals surface area contributed by atoms with Crippen LogP contribution in [-0.2, 0) is 6.54 Å². The van der Waals surface area contributed by atoms with E-state index >= 15 is 0 Å². The summed E-state index contributed by atoms with van der Waals surface area (Å²) >= 11 is 0. The molecule has 0 aliphatic carbocycles. The van der Waals surface area contributed by atoms with E-state index in [4.69, 9.17) is 0 Å². The summed E-state index contributed by atoms with van der Waals surface area (Å²) in [5.74, 6) is 2.35. The van der Waals surface area contributed by atoms with Crippen LogP contribution < -0.4 is 10.6 Å². The molecular formula is C21H24N4. The molecule has 128 valence electrons. The van der Waals surface area contributed by atoms with Crippen LogP contribution in [0.1, 0.15) is 28.1 Å². The summed E-state index contributed by atoms with van der Waals surface area (Å²) < 4.78 is 0. The maximum absolute atomic E-state index is 4.49. The molecule has 0 atom stereocenters. The number of hydrogen-bond donors (Lipinski definition) is 2. The van der Waals surface area contributed by atoms with Crippen molar-refractivity contribution >= 4 is 17.3 Å². The Morgan fingerprint density at radius 1 is 0.800 bits per heavy atom. The van der Waals surface area contributed by atoms with Crippen LogP contribution >= 0.6 is 0 Å². The second-order valence-electron chi connectivity index (χ2n) is 6.45. The van der Waals surface area contributed by atoms with Gasteiger partial charge < -0.3 is 10.6 Å². The van der Waals surface area contributed by atoms with Crippen molar-refractivity contribution in [2.45, 2.75) is 34.2 Å². The van der Waals surface area contributed by atoms with Gasteiger partial charge in [-0.2, -0.15) is 0 Å². The van der Waals surface area contributed by atoms with E-state index < -0.39 is 0 Å². The number of aryl methyl sites for hydroxylation is 4. The quantitative estimate of drug-likeness (QED) is 0.685. The molecule has 0 amide bonds. The largest absolute Gasteiger partial charge is 0.366 e. The second kappa shape index (κ2) is 7.34. The number of nitrogens with one attached hydrogen (secondary N) is 2. The molecule has 0 aliphatic heterocycles. The van der Waals surface area contributed by atoms with Crippen LogP contribution in [0, 0.1) is 27.7 Å². The molecule has 0 unspecified atom stereocenters. The monoisotopic (exact) mass is 332 g/mol. The van der Waals surface area contributed by atoms with Crippen LogP contribution in [-0.4, -0.2) is 9.97 Å². The van der Waals surface area contributed by atoms with Gasteiger partial charge in [0.1, 0.15) is 17.5 Å². The lowest BCUT2D eigenvalue weighted by Crippen LogP contribution is -2.05. The first-order valence-corrected chi connectivity index (χ1v) is 8.49. The van der Waals surface area contributed by atoms with Crippen molar-refractivity contribution in [3.63, 3.8) is 0 Å². The van der Waals surface area contributed by atoms with Gasteiger partial charge in [0.05, 0.1) is 0 Å². The predicted octanol–water partition coefficient (Wildman–Crippen LogP) is 5.07. The fourth-order valence-electron chi connectivity index (χ4n) is 2.70. The lowest BCUT2D eigenvalue weighted by Gasteiger charge is -2.11. The first-order chi connectivity index (χ1) is 12.0. The standard InChI is InChI=1S/C21H24N4/c1-14-6-5-7-18(10-14)13-22-20-12-21(24-17(4)23-20)25-19-9-8-15(2)16(3)11-19/h5-12H,13H2,1-4H3,(H2,22,23,24,25). The van der Waals surface area contributed by atoms with Gasteiger partial charge in [0.15, 0.2) is 0 Å². The third kappa shape index (κ3) is 4.57. The van der Waals surface area contributed by atoms with Gasteiger partial charge in [-0.15, -0.1) is 0 Å². The summed E-state index contributed by atoms with van der Waals surface area (Å²) in [6, 6.07) is 16.7. The van der Waals surface area contributed by atoms with E-state index in [1.54, 1.807) is 0 Å². The summed E-state index contributed by atoms with van der Waals surface area (Å²) in [7, 11) is 0. The van der Waals surface area contributed by atoms with Crippen LogP contribution in [0.15, 0.2) is 48.5 Å². The van der Waals surface area contributed by atoms with Crippen molar-refractivity contribution in [3.8, 4) is 0 Å². The van der Waals surface area contributed by atoms with Gasteiger partial charge in [-0.25, -0.2) is 9.97 Å². The van der Waals surface area contributed by atoms with E-state index in [1.165, 1.54) is 22.3 Å². The zero-order chi connectivity index (χ0) is 17.8. The highest BCUT2D eigenvalue weighted by Crippen LogP contribution is 2.20. The third-order valence-electron chi connectivity index (χ3n) is 4.17. The molecule has 4 nitrogen and oxygen atoms in total. The van der Waals surface area contributed by atoms with Crippen LogP contribution in [0.3, 0.4) is 0 Å². The van der Waals surface area contributed by atoms with E-state index in [0.29, 0.717) is 0 Å². The maximum atomic E-state index is 4.49. The van der Waals surface area contributed by atoms with E-state index in [0.717, 1.165) is 29.7 Å².